The smallest absolute Gasteiger partial charge is 0.396 e. The van der Waals surface area contributed by atoms with Crippen LogP contribution in [0.2, 0.25) is 0 Å². The topological polar surface area (TPSA) is 32.3 Å². The summed E-state index contributed by atoms with van der Waals surface area (Å²) in [6.45, 7) is 2.49. The Bertz CT molecular complexity index is 352. The molecule has 1 atom stereocenters. The lowest BCUT2D eigenvalue weighted by atomic mass is 10.1. The van der Waals surface area contributed by atoms with Crippen LogP contribution in [0, 0.1) is 5.92 Å². The normalized spacial score (nSPS) is 13.7. The Morgan fingerprint density at radius 1 is 1.29 bits per heavy atom. The van der Waals surface area contributed by atoms with Crippen LogP contribution in [-0.2, 0) is 12.7 Å². The van der Waals surface area contributed by atoms with Gasteiger partial charge in [0, 0.05) is 19.7 Å². The molecule has 0 amide bonds. The van der Waals surface area contributed by atoms with Gasteiger partial charge in [0.2, 0.25) is 0 Å². The summed E-state index contributed by atoms with van der Waals surface area (Å²) in [6, 6.07) is 5.50. The van der Waals surface area contributed by atoms with Crippen molar-refractivity contribution in [3.63, 3.8) is 0 Å². The number of benzene rings is 1. The summed E-state index contributed by atoms with van der Waals surface area (Å²) in [6.07, 6.45) is -4.32. The van der Waals surface area contributed by atoms with Gasteiger partial charge in [0.25, 0.3) is 0 Å². The van der Waals surface area contributed by atoms with Gasteiger partial charge in [0.15, 0.2) is 0 Å². The molecule has 0 spiro atoms. The minimum Gasteiger partial charge on any atom is -0.396 e. The molecule has 0 aliphatic carbocycles. The second kappa shape index (κ2) is 6.02. The standard InChI is InChI=1S/C12H16F3NO/c1-9(8-17)6-16-7-10-4-2-3-5-11(10)12(13,14)15/h2-5,9,16-17H,6-8H2,1H3. The van der Waals surface area contributed by atoms with Crippen LogP contribution in [0.25, 0.3) is 0 Å². The van der Waals surface area contributed by atoms with Crippen LogP contribution < -0.4 is 5.32 Å². The zero-order chi connectivity index (χ0) is 12.9. The van der Waals surface area contributed by atoms with Crippen molar-refractivity contribution in [2.75, 3.05) is 13.2 Å². The number of hydrogen-bond acceptors (Lipinski definition) is 2. The average Bonchev–Trinajstić information content (AvgIpc) is 2.28. The molecular formula is C12H16F3NO. The third kappa shape index (κ3) is 4.36. The van der Waals surface area contributed by atoms with Gasteiger partial charge in [-0.3, -0.25) is 0 Å². The Labute approximate surface area is 98.5 Å². The number of aliphatic hydroxyl groups excluding tert-OH is 1. The number of hydrogen-bond donors (Lipinski definition) is 2. The van der Waals surface area contributed by atoms with Crippen LogP contribution >= 0.6 is 0 Å². The number of rotatable bonds is 5. The molecule has 0 aliphatic rings. The molecule has 1 aromatic rings. The monoisotopic (exact) mass is 247 g/mol. The third-order valence-electron chi connectivity index (χ3n) is 2.44. The fourth-order valence-corrected chi connectivity index (χ4v) is 1.47. The lowest BCUT2D eigenvalue weighted by Crippen LogP contribution is -2.24. The van der Waals surface area contributed by atoms with Gasteiger partial charge in [-0.25, -0.2) is 0 Å². The molecular weight excluding hydrogens is 231 g/mol. The minimum absolute atomic E-state index is 0.0217. The Kier molecular flexibility index (Phi) is 4.96. The minimum atomic E-state index is -4.32. The van der Waals surface area contributed by atoms with Gasteiger partial charge in [0.1, 0.15) is 0 Å². The van der Waals surface area contributed by atoms with Gasteiger partial charge in [-0.05, 0) is 17.5 Å². The summed E-state index contributed by atoms with van der Waals surface area (Å²) in [5, 5.41) is 11.7. The number of alkyl halides is 3. The van der Waals surface area contributed by atoms with Gasteiger partial charge in [0.05, 0.1) is 5.56 Å². The van der Waals surface area contributed by atoms with Crippen LogP contribution in [-0.4, -0.2) is 18.3 Å². The quantitative estimate of drug-likeness (QED) is 0.837. The summed E-state index contributed by atoms with van der Waals surface area (Å²) < 4.78 is 37.9. The third-order valence-corrected chi connectivity index (χ3v) is 2.44. The predicted molar refractivity (Wildman–Crippen MR) is 59.4 cm³/mol. The Morgan fingerprint density at radius 2 is 1.94 bits per heavy atom. The first-order chi connectivity index (χ1) is 7.95. The number of nitrogens with one attached hydrogen (secondary N) is 1. The van der Waals surface area contributed by atoms with Crippen LogP contribution in [0.5, 0.6) is 0 Å². The molecule has 1 unspecified atom stereocenters. The van der Waals surface area contributed by atoms with E-state index in [0.717, 1.165) is 6.07 Å². The van der Waals surface area contributed by atoms with Gasteiger partial charge in [-0.2, -0.15) is 13.2 Å². The zero-order valence-electron chi connectivity index (χ0n) is 9.59. The van der Waals surface area contributed by atoms with Gasteiger partial charge in [-0.15, -0.1) is 0 Å². The van der Waals surface area contributed by atoms with E-state index < -0.39 is 11.7 Å². The van der Waals surface area contributed by atoms with Crippen molar-refractivity contribution in [1.82, 2.24) is 5.32 Å². The predicted octanol–water partition coefficient (Wildman–Crippen LogP) is 2.42. The van der Waals surface area contributed by atoms with Crippen LogP contribution in [0.4, 0.5) is 13.2 Å². The Hall–Kier alpha value is -1.07. The second-order valence-electron chi connectivity index (χ2n) is 4.07. The molecule has 0 fully saturated rings. The van der Waals surface area contributed by atoms with Gasteiger partial charge >= 0.3 is 6.18 Å². The first-order valence-corrected chi connectivity index (χ1v) is 5.42. The highest BCUT2D eigenvalue weighted by Crippen LogP contribution is 2.31. The molecule has 96 valence electrons. The van der Waals surface area contributed by atoms with E-state index in [1.165, 1.54) is 12.1 Å². The maximum absolute atomic E-state index is 12.6. The molecule has 1 rings (SSSR count). The maximum atomic E-state index is 12.6. The van der Waals surface area contributed by atoms with Crippen LogP contribution in [0.15, 0.2) is 24.3 Å². The Morgan fingerprint density at radius 3 is 2.53 bits per heavy atom. The molecule has 0 aliphatic heterocycles. The lowest BCUT2D eigenvalue weighted by Gasteiger charge is -2.14. The van der Waals surface area contributed by atoms with Crippen LogP contribution in [0.1, 0.15) is 18.1 Å². The van der Waals surface area contributed by atoms with E-state index >= 15 is 0 Å². The van der Waals surface area contributed by atoms with Crippen molar-refractivity contribution in [2.45, 2.75) is 19.6 Å². The average molecular weight is 247 g/mol. The van der Waals surface area contributed by atoms with Crippen molar-refractivity contribution in [2.24, 2.45) is 5.92 Å². The van der Waals surface area contributed by atoms with E-state index in [9.17, 15) is 13.2 Å². The zero-order valence-corrected chi connectivity index (χ0v) is 9.59. The van der Waals surface area contributed by atoms with Crippen molar-refractivity contribution in [3.8, 4) is 0 Å². The van der Waals surface area contributed by atoms with E-state index in [1.807, 2.05) is 6.92 Å². The summed E-state index contributed by atoms with van der Waals surface area (Å²) in [7, 11) is 0. The van der Waals surface area contributed by atoms with Crippen molar-refractivity contribution >= 4 is 0 Å². The summed E-state index contributed by atoms with van der Waals surface area (Å²) in [4.78, 5) is 0. The van der Waals surface area contributed by atoms with Crippen molar-refractivity contribution in [1.29, 1.82) is 0 Å². The Balaban J connectivity index is 2.65. The summed E-state index contributed by atoms with van der Waals surface area (Å²) in [5.74, 6) is 0.0352. The van der Waals surface area contributed by atoms with E-state index in [2.05, 4.69) is 5.32 Å². The first kappa shape index (κ1) is 14.0. The lowest BCUT2D eigenvalue weighted by molar-refractivity contribution is -0.138. The fraction of sp³-hybridized carbons (Fsp3) is 0.500. The van der Waals surface area contributed by atoms with Crippen molar-refractivity contribution < 1.29 is 18.3 Å². The fourth-order valence-electron chi connectivity index (χ4n) is 1.47. The maximum Gasteiger partial charge on any atom is 0.416 e. The molecule has 0 radical (unpaired) electrons. The SMILES string of the molecule is CC(CO)CNCc1ccccc1C(F)(F)F. The molecule has 0 saturated carbocycles. The summed E-state index contributed by atoms with van der Waals surface area (Å²) in [5.41, 5.74) is -0.380. The van der Waals surface area contributed by atoms with E-state index in [-0.39, 0.29) is 24.6 Å². The first-order valence-electron chi connectivity index (χ1n) is 5.42. The molecule has 2 nitrogen and oxygen atoms in total. The van der Waals surface area contributed by atoms with Crippen LogP contribution in [0.3, 0.4) is 0 Å². The molecule has 5 heteroatoms. The molecule has 2 N–H and O–H groups in total. The number of aliphatic hydroxyl groups is 1. The highest BCUT2D eigenvalue weighted by atomic mass is 19.4. The van der Waals surface area contributed by atoms with Gasteiger partial charge < -0.3 is 10.4 Å². The van der Waals surface area contributed by atoms with E-state index in [1.54, 1.807) is 6.07 Å². The highest BCUT2D eigenvalue weighted by molar-refractivity contribution is 5.29. The second-order valence-corrected chi connectivity index (χ2v) is 4.07. The molecule has 1 aromatic carbocycles. The number of halogens is 3. The van der Waals surface area contributed by atoms with Gasteiger partial charge in [-0.1, -0.05) is 25.1 Å². The molecule has 0 saturated heterocycles. The van der Waals surface area contributed by atoms with Crippen molar-refractivity contribution in [3.05, 3.63) is 35.4 Å². The summed E-state index contributed by atoms with van der Waals surface area (Å²) >= 11 is 0. The van der Waals surface area contributed by atoms with E-state index in [4.69, 9.17) is 5.11 Å². The molecule has 0 bridgehead atoms. The van der Waals surface area contributed by atoms with E-state index in [0.29, 0.717) is 6.54 Å². The highest BCUT2D eigenvalue weighted by Gasteiger charge is 2.32. The molecule has 17 heavy (non-hydrogen) atoms. The molecule has 0 heterocycles. The molecule has 0 aromatic heterocycles. The largest absolute Gasteiger partial charge is 0.416 e.